The molecule has 0 aromatic carbocycles. The van der Waals surface area contributed by atoms with E-state index < -0.39 is 27.2 Å². The Morgan fingerprint density at radius 2 is 0.667 bits per heavy atom. The summed E-state index contributed by atoms with van der Waals surface area (Å²) < 4.78 is 68.8. The van der Waals surface area contributed by atoms with E-state index in [2.05, 4.69) is 0 Å². The minimum absolute atomic E-state index is 0. The molecule has 0 aliphatic carbocycles. The third-order valence-corrected chi connectivity index (χ3v) is 0. The van der Waals surface area contributed by atoms with Gasteiger partial charge in [0.05, 0.1) is 0 Å². The van der Waals surface area contributed by atoms with E-state index >= 15 is 0 Å². The summed E-state index contributed by atoms with van der Waals surface area (Å²) in [6.07, 6.45) is 0. The second kappa shape index (κ2) is 9.29. The minimum atomic E-state index is -5.75. The Kier molecular flexibility index (Phi) is 18.2. The van der Waals surface area contributed by atoms with Crippen LogP contribution < -0.4 is 16.6 Å². The van der Waals surface area contributed by atoms with Crippen LogP contribution in [0.25, 0.3) is 0 Å². The molecule has 0 bridgehead atoms. The average molecular weight is 549 g/mol. The van der Waals surface area contributed by atoms with E-state index in [9.17, 15) is 0 Å². The molecule has 12 heavy (non-hydrogen) atoms. The molecule has 0 aliphatic rings. The van der Waals surface area contributed by atoms with Crippen molar-refractivity contribution in [2.75, 3.05) is 0 Å². The Bertz CT molecular complexity index is 213. The van der Waals surface area contributed by atoms with Crippen LogP contribution >= 0.6 is 0 Å². The van der Waals surface area contributed by atoms with Crippen LogP contribution in [-0.2, 0) is 64.8 Å². The Hall–Kier alpha value is 1.73. The van der Waals surface area contributed by atoms with E-state index in [1.165, 1.54) is 0 Å². The van der Waals surface area contributed by atoms with Gasteiger partial charge in [-0.05, 0) is 0 Å². The predicted octanol–water partition coefficient (Wildman–Crippen LogP) is -5.62. The van der Waals surface area contributed by atoms with Crippen molar-refractivity contribution in [1.29, 1.82) is 0 Å². The predicted molar refractivity (Wildman–Crippen MR) is 8.50 cm³/mol. The van der Waals surface area contributed by atoms with Gasteiger partial charge in [-0.3, -0.25) is 0 Å². The van der Waals surface area contributed by atoms with Crippen molar-refractivity contribution >= 4 is 26.2 Å². The van der Waals surface area contributed by atoms with Gasteiger partial charge in [0.25, 0.3) is 0 Å². The van der Waals surface area contributed by atoms with Crippen molar-refractivity contribution in [1.82, 2.24) is 0 Å². The van der Waals surface area contributed by atoms with Gasteiger partial charge in [-0.2, -0.15) is 0 Å². The quantitative estimate of drug-likeness (QED) is 0.271. The zero-order valence-electron chi connectivity index (χ0n) is 4.83. The zero-order chi connectivity index (χ0) is 9.00. The van der Waals surface area contributed by atoms with Gasteiger partial charge in [-0.1, -0.05) is 0 Å². The fourth-order valence-corrected chi connectivity index (χ4v) is 0. The maximum atomic E-state index is 8.59. The monoisotopic (exact) mass is 548 g/mol. The standard InChI is InChI=1S/Ag.Bi.2Cr.8O/q+1;+3;;;;;;;4*-1. The number of rotatable bonds is 0. The SMILES string of the molecule is [Ag+].[Bi+3].[O]=[Cr](=[O])([O-])[O-].[O]=[Cr](=[O])([O-])[O-]. The van der Waals surface area contributed by atoms with Crippen molar-refractivity contribution in [3.63, 3.8) is 0 Å². The van der Waals surface area contributed by atoms with Crippen molar-refractivity contribution in [3.8, 4) is 0 Å². The molecule has 0 heterocycles. The van der Waals surface area contributed by atoms with Crippen LogP contribution in [0.3, 0.4) is 0 Å². The van der Waals surface area contributed by atoms with E-state index in [1.807, 2.05) is 0 Å². The summed E-state index contributed by atoms with van der Waals surface area (Å²) in [5, 5.41) is 0. The van der Waals surface area contributed by atoms with Crippen LogP contribution in [0.4, 0.5) is 0 Å². The molecule has 76 valence electrons. The van der Waals surface area contributed by atoms with E-state index in [0.29, 0.717) is 0 Å². The number of hydrogen-bond acceptors (Lipinski definition) is 8. The Morgan fingerprint density at radius 1 is 0.667 bits per heavy atom. The fraction of sp³-hybridized carbons (Fsp3) is 0. The molecule has 0 saturated heterocycles. The summed E-state index contributed by atoms with van der Waals surface area (Å²) in [4.78, 5) is 0. The molecule has 0 aromatic rings. The molecular formula is AgBiCr2O8. The van der Waals surface area contributed by atoms with Gasteiger partial charge in [-0.25, -0.2) is 0 Å². The molecule has 0 unspecified atom stereocenters. The number of hydrogen-bond donors (Lipinski definition) is 0. The van der Waals surface area contributed by atoms with Crippen molar-refractivity contribution in [3.05, 3.63) is 0 Å². The van der Waals surface area contributed by atoms with Crippen LogP contribution in [0.15, 0.2) is 0 Å². The molecule has 0 aliphatic heterocycles. The maximum absolute atomic E-state index is 8.59. The first kappa shape index (κ1) is 23.5. The fourth-order valence-electron chi connectivity index (χ4n) is 0. The first-order valence-corrected chi connectivity index (χ1v) is 5.50. The Morgan fingerprint density at radius 3 is 0.667 bits per heavy atom. The molecule has 0 fully saturated rings. The third kappa shape index (κ3) is 452. The summed E-state index contributed by atoms with van der Waals surface area (Å²) in [6.45, 7) is 0. The molecule has 0 aromatic heterocycles. The second-order valence-corrected chi connectivity index (χ2v) is 3.37. The summed E-state index contributed by atoms with van der Waals surface area (Å²) >= 11 is -11.5. The average Bonchev–Trinajstić information content (AvgIpc) is 1.12. The van der Waals surface area contributed by atoms with Crippen LogP contribution in [0.2, 0.25) is 0 Å². The van der Waals surface area contributed by atoms with Crippen LogP contribution in [0.5, 0.6) is 0 Å². The summed E-state index contributed by atoms with van der Waals surface area (Å²) in [7, 11) is 0. The van der Waals surface area contributed by atoms with E-state index in [4.69, 9.17) is 31.8 Å². The summed E-state index contributed by atoms with van der Waals surface area (Å²) in [5.41, 5.74) is 0. The first-order valence-electron chi connectivity index (χ1n) is 1.33. The van der Waals surface area contributed by atoms with Crippen molar-refractivity contribution < 1.29 is 81.5 Å². The van der Waals surface area contributed by atoms with Gasteiger partial charge < -0.3 is 0 Å². The second-order valence-electron chi connectivity index (χ2n) is 0.816. The molecule has 0 amide bonds. The van der Waals surface area contributed by atoms with Gasteiger partial charge in [-0.15, -0.1) is 0 Å². The zero-order valence-corrected chi connectivity index (χ0v) is 12.3. The molecule has 0 spiro atoms. The molecule has 8 nitrogen and oxygen atoms in total. The molecule has 12 heteroatoms. The molecule has 0 saturated carbocycles. The molecule has 2 radical (unpaired) electrons. The van der Waals surface area contributed by atoms with E-state index in [0.717, 1.165) is 0 Å². The van der Waals surface area contributed by atoms with Crippen LogP contribution in [-0.4, -0.2) is 26.2 Å². The first-order chi connectivity index (χ1) is 4.00. The Balaban J connectivity index is -0.0000000457. The van der Waals surface area contributed by atoms with Crippen LogP contribution in [0.1, 0.15) is 0 Å². The van der Waals surface area contributed by atoms with Gasteiger partial charge in [0.15, 0.2) is 0 Å². The normalized spacial score (nSPS) is 9.67. The Labute approximate surface area is 106 Å². The van der Waals surface area contributed by atoms with Crippen molar-refractivity contribution in [2.45, 2.75) is 0 Å². The summed E-state index contributed by atoms with van der Waals surface area (Å²) in [6, 6.07) is 0. The van der Waals surface area contributed by atoms with E-state index in [-0.39, 0.29) is 48.6 Å². The molecule has 0 rings (SSSR count). The van der Waals surface area contributed by atoms with Gasteiger partial charge in [0.1, 0.15) is 0 Å². The van der Waals surface area contributed by atoms with Gasteiger partial charge >= 0.3 is 108 Å². The molecule has 0 atom stereocenters. The molecule has 0 N–H and O–H groups in total. The van der Waals surface area contributed by atoms with Crippen molar-refractivity contribution in [2.24, 2.45) is 0 Å². The topological polar surface area (TPSA) is 161 Å². The van der Waals surface area contributed by atoms with E-state index in [1.54, 1.807) is 0 Å². The van der Waals surface area contributed by atoms with Gasteiger partial charge in [0.2, 0.25) is 0 Å². The third-order valence-electron chi connectivity index (χ3n) is 0. The van der Waals surface area contributed by atoms with Crippen LogP contribution in [0, 0.1) is 0 Å². The van der Waals surface area contributed by atoms with Gasteiger partial charge in [0, 0.05) is 0 Å². The molecular weight excluding hydrogens is 549 g/mol. The summed E-state index contributed by atoms with van der Waals surface area (Å²) in [5.74, 6) is 0.